The van der Waals surface area contributed by atoms with Crippen LogP contribution in [0.1, 0.15) is 31.1 Å². The van der Waals surface area contributed by atoms with Crippen LogP contribution in [-0.2, 0) is 6.54 Å². The van der Waals surface area contributed by atoms with E-state index >= 15 is 0 Å². The summed E-state index contributed by atoms with van der Waals surface area (Å²) in [5.41, 5.74) is 3.11. The van der Waals surface area contributed by atoms with Crippen molar-refractivity contribution in [3.8, 4) is 11.4 Å². The highest BCUT2D eigenvalue weighted by molar-refractivity contribution is 5.30. The summed E-state index contributed by atoms with van der Waals surface area (Å²) in [7, 11) is 0. The summed E-state index contributed by atoms with van der Waals surface area (Å²) in [6, 6.07) is 18.2. The van der Waals surface area contributed by atoms with Crippen molar-refractivity contribution in [3.05, 3.63) is 72.1 Å². The molecule has 1 atom stereocenters. The third-order valence-electron chi connectivity index (χ3n) is 3.80. The molecule has 2 aromatic carbocycles. The Morgan fingerprint density at radius 3 is 2.75 bits per heavy atom. The van der Waals surface area contributed by atoms with E-state index in [9.17, 15) is 0 Å². The van der Waals surface area contributed by atoms with E-state index in [0.717, 1.165) is 23.7 Å². The third-order valence-corrected chi connectivity index (χ3v) is 3.80. The lowest BCUT2D eigenvalue weighted by molar-refractivity contribution is 0.339. The van der Waals surface area contributed by atoms with Gasteiger partial charge in [0, 0.05) is 6.54 Å². The van der Waals surface area contributed by atoms with Crippen molar-refractivity contribution in [3.63, 3.8) is 0 Å². The van der Waals surface area contributed by atoms with Crippen LogP contribution in [0.2, 0.25) is 0 Å². The van der Waals surface area contributed by atoms with E-state index < -0.39 is 0 Å². The molecule has 5 nitrogen and oxygen atoms in total. The molecule has 0 saturated heterocycles. The van der Waals surface area contributed by atoms with Crippen LogP contribution < -0.4 is 10.1 Å². The number of hydrogen-bond donors (Lipinski definition) is 1. The summed E-state index contributed by atoms with van der Waals surface area (Å²) in [5, 5.41) is 12.0. The Bertz CT molecular complexity index is 770. The molecule has 1 aromatic heterocycles. The second kappa shape index (κ2) is 7.75. The molecule has 0 spiro atoms. The average Bonchev–Trinajstić information content (AvgIpc) is 3.11. The molecule has 124 valence electrons. The minimum Gasteiger partial charge on any atom is -0.494 e. The molecule has 1 N–H and O–H groups in total. The number of hydrogen-bond acceptors (Lipinski definition) is 4. The molecule has 0 aliphatic heterocycles. The highest BCUT2D eigenvalue weighted by atomic mass is 16.5. The van der Waals surface area contributed by atoms with Crippen LogP contribution >= 0.6 is 0 Å². The number of ether oxygens (including phenoxy) is 1. The van der Waals surface area contributed by atoms with Gasteiger partial charge in [0.1, 0.15) is 5.75 Å². The Morgan fingerprint density at radius 2 is 1.96 bits per heavy atom. The van der Waals surface area contributed by atoms with Crippen LogP contribution in [0.15, 0.2) is 60.8 Å². The Morgan fingerprint density at radius 1 is 1.12 bits per heavy atom. The average molecular weight is 322 g/mol. The monoisotopic (exact) mass is 322 g/mol. The molecule has 5 heteroatoms. The van der Waals surface area contributed by atoms with E-state index in [1.54, 1.807) is 4.68 Å². The number of para-hydroxylation sites is 1. The lowest BCUT2D eigenvalue weighted by Gasteiger charge is -2.12. The predicted octanol–water partition coefficient (Wildman–Crippen LogP) is 3.52. The molecule has 0 amide bonds. The zero-order valence-corrected chi connectivity index (χ0v) is 14.0. The number of benzene rings is 2. The van der Waals surface area contributed by atoms with Gasteiger partial charge in [0.25, 0.3) is 0 Å². The summed E-state index contributed by atoms with van der Waals surface area (Å²) in [6.45, 7) is 5.50. The summed E-state index contributed by atoms with van der Waals surface area (Å²) < 4.78 is 7.33. The number of aromatic nitrogens is 3. The van der Waals surface area contributed by atoms with E-state index in [1.165, 1.54) is 5.56 Å². The Labute approximate surface area is 142 Å². The topological polar surface area (TPSA) is 52.0 Å². The van der Waals surface area contributed by atoms with Crippen molar-refractivity contribution < 1.29 is 4.74 Å². The van der Waals surface area contributed by atoms with Crippen molar-refractivity contribution in [1.82, 2.24) is 20.3 Å². The van der Waals surface area contributed by atoms with E-state index in [-0.39, 0.29) is 6.04 Å². The predicted molar refractivity (Wildman–Crippen MR) is 94.2 cm³/mol. The molecule has 1 heterocycles. The molecule has 0 saturated carbocycles. The van der Waals surface area contributed by atoms with Gasteiger partial charge in [-0.15, -0.1) is 5.10 Å². The van der Waals surface area contributed by atoms with Crippen LogP contribution in [0.4, 0.5) is 0 Å². The standard InChI is InChI=1S/C19H22N4O/c1-3-24-18-11-7-8-16(12-18)13-20-15(2)19-14-23(22-21-19)17-9-5-4-6-10-17/h4-12,14-15,20H,3,13H2,1-2H3/t15-/m0/s1. The first kappa shape index (κ1) is 16.2. The van der Waals surface area contributed by atoms with Crippen molar-refractivity contribution in [2.75, 3.05) is 6.61 Å². The molecule has 0 aliphatic carbocycles. The lowest BCUT2D eigenvalue weighted by atomic mass is 10.2. The highest BCUT2D eigenvalue weighted by Gasteiger charge is 2.10. The largest absolute Gasteiger partial charge is 0.494 e. The molecule has 0 bridgehead atoms. The summed E-state index contributed by atoms with van der Waals surface area (Å²) in [4.78, 5) is 0. The molecule has 24 heavy (non-hydrogen) atoms. The van der Waals surface area contributed by atoms with Crippen LogP contribution in [0.3, 0.4) is 0 Å². The number of nitrogens with one attached hydrogen (secondary N) is 1. The molecule has 0 radical (unpaired) electrons. The van der Waals surface area contributed by atoms with Gasteiger partial charge in [-0.3, -0.25) is 0 Å². The fraction of sp³-hybridized carbons (Fsp3) is 0.263. The minimum absolute atomic E-state index is 0.109. The van der Waals surface area contributed by atoms with Gasteiger partial charge in [0.15, 0.2) is 0 Å². The van der Waals surface area contributed by atoms with Gasteiger partial charge in [-0.05, 0) is 43.7 Å². The van der Waals surface area contributed by atoms with Crippen LogP contribution in [0.25, 0.3) is 5.69 Å². The van der Waals surface area contributed by atoms with Crippen molar-refractivity contribution in [2.45, 2.75) is 26.4 Å². The molecule has 3 aromatic rings. The number of nitrogens with zero attached hydrogens (tertiary/aromatic N) is 3. The number of rotatable bonds is 7. The molecule has 3 rings (SSSR count). The fourth-order valence-electron chi connectivity index (χ4n) is 2.47. The van der Waals surface area contributed by atoms with Gasteiger partial charge < -0.3 is 10.1 Å². The highest BCUT2D eigenvalue weighted by Crippen LogP contribution is 2.16. The zero-order valence-electron chi connectivity index (χ0n) is 14.0. The maximum Gasteiger partial charge on any atom is 0.119 e. The summed E-state index contributed by atoms with van der Waals surface area (Å²) in [5.74, 6) is 0.902. The van der Waals surface area contributed by atoms with E-state index in [0.29, 0.717) is 6.61 Å². The first-order valence-electron chi connectivity index (χ1n) is 8.19. The van der Waals surface area contributed by atoms with Gasteiger partial charge >= 0.3 is 0 Å². The first-order chi connectivity index (χ1) is 11.8. The zero-order chi connectivity index (χ0) is 16.8. The van der Waals surface area contributed by atoms with Gasteiger partial charge in [-0.1, -0.05) is 35.5 Å². The van der Waals surface area contributed by atoms with E-state index in [2.05, 4.69) is 34.7 Å². The second-order valence-corrected chi connectivity index (χ2v) is 5.61. The molecule has 0 fully saturated rings. The molecular weight excluding hydrogens is 300 g/mol. The molecule has 0 unspecified atom stereocenters. The maximum absolute atomic E-state index is 5.54. The SMILES string of the molecule is CCOc1cccc(CN[C@@H](C)c2cn(-c3ccccc3)nn2)c1. The Kier molecular flexibility index (Phi) is 5.23. The fourth-order valence-corrected chi connectivity index (χ4v) is 2.47. The van der Waals surface area contributed by atoms with Crippen LogP contribution in [0, 0.1) is 0 Å². The molecular formula is C19H22N4O. The normalized spacial score (nSPS) is 12.1. The molecule has 0 aliphatic rings. The Hall–Kier alpha value is -2.66. The van der Waals surface area contributed by atoms with Gasteiger partial charge in [-0.25, -0.2) is 4.68 Å². The summed E-state index contributed by atoms with van der Waals surface area (Å²) in [6.07, 6.45) is 1.96. The smallest absolute Gasteiger partial charge is 0.119 e. The van der Waals surface area contributed by atoms with E-state index in [1.807, 2.05) is 55.6 Å². The maximum atomic E-state index is 5.54. The third kappa shape index (κ3) is 4.00. The second-order valence-electron chi connectivity index (χ2n) is 5.61. The first-order valence-corrected chi connectivity index (χ1v) is 8.19. The van der Waals surface area contributed by atoms with Crippen LogP contribution in [0.5, 0.6) is 5.75 Å². The van der Waals surface area contributed by atoms with Crippen molar-refractivity contribution in [1.29, 1.82) is 0 Å². The lowest BCUT2D eigenvalue weighted by Crippen LogP contribution is -2.18. The minimum atomic E-state index is 0.109. The van der Waals surface area contributed by atoms with Crippen molar-refractivity contribution >= 4 is 0 Å². The Balaban J connectivity index is 1.62. The van der Waals surface area contributed by atoms with Crippen molar-refractivity contribution in [2.24, 2.45) is 0 Å². The quantitative estimate of drug-likeness (QED) is 0.723. The van der Waals surface area contributed by atoms with Gasteiger partial charge in [-0.2, -0.15) is 0 Å². The van der Waals surface area contributed by atoms with Gasteiger partial charge in [0.2, 0.25) is 0 Å². The van der Waals surface area contributed by atoms with E-state index in [4.69, 9.17) is 4.74 Å². The van der Waals surface area contributed by atoms with Crippen LogP contribution in [-0.4, -0.2) is 21.6 Å². The van der Waals surface area contributed by atoms with Gasteiger partial charge in [0.05, 0.1) is 30.2 Å². The summed E-state index contributed by atoms with van der Waals surface area (Å²) >= 11 is 0.